The molecule has 1 saturated heterocycles. The van der Waals surface area contributed by atoms with E-state index in [9.17, 15) is 4.79 Å². The third kappa shape index (κ3) is 2.83. The normalized spacial score (nSPS) is 18.4. The first kappa shape index (κ1) is 14.2. The lowest BCUT2D eigenvalue weighted by Crippen LogP contribution is -2.38. The highest BCUT2D eigenvalue weighted by atomic mass is 35.5. The Morgan fingerprint density at radius 2 is 2.29 bits per heavy atom. The number of amides is 1. The lowest BCUT2D eigenvalue weighted by Gasteiger charge is -2.24. The Hall–Kier alpha value is -1.75. The average Bonchev–Trinajstić information content (AvgIpc) is 3.12. The van der Waals surface area contributed by atoms with Gasteiger partial charge >= 0.3 is 0 Å². The zero-order chi connectivity index (χ0) is 15.0. The van der Waals surface area contributed by atoms with Crippen LogP contribution in [0.15, 0.2) is 18.3 Å². The number of hydrogen-bond acceptors (Lipinski definition) is 2. The van der Waals surface area contributed by atoms with Gasteiger partial charge in [-0.05, 0) is 38.8 Å². The van der Waals surface area contributed by atoms with Crippen molar-refractivity contribution < 1.29 is 4.79 Å². The molecule has 1 aliphatic heterocycles. The average molecular weight is 307 g/mol. The maximum atomic E-state index is 12.6. The number of carbonyl (C=O) groups is 1. The minimum absolute atomic E-state index is 0.0194. The summed E-state index contributed by atoms with van der Waals surface area (Å²) in [6, 6.07) is 3.94. The number of nitrogens with zero attached hydrogens (tertiary/aromatic N) is 3. The molecule has 1 aliphatic rings. The highest BCUT2D eigenvalue weighted by Crippen LogP contribution is 2.22. The SMILES string of the molecule is Cc1cc(C)n(CC2CCCN2C(=O)c2cc(Cl)c[nH]2)n1. The fourth-order valence-corrected chi connectivity index (χ4v) is 3.16. The van der Waals surface area contributed by atoms with E-state index in [4.69, 9.17) is 11.6 Å². The number of aromatic amines is 1. The number of hydrogen-bond donors (Lipinski definition) is 1. The number of halogens is 1. The molecule has 0 radical (unpaired) electrons. The van der Waals surface area contributed by atoms with Gasteiger partial charge in [0.15, 0.2) is 0 Å². The number of aromatic nitrogens is 3. The van der Waals surface area contributed by atoms with Gasteiger partial charge in [0.1, 0.15) is 5.69 Å². The molecular formula is C15H19ClN4O. The molecule has 0 aliphatic carbocycles. The summed E-state index contributed by atoms with van der Waals surface area (Å²) in [7, 11) is 0. The fourth-order valence-electron chi connectivity index (χ4n) is 3.00. The van der Waals surface area contributed by atoms with Crippen molar-refractivity contribution in [3.05, 3.63) is 40.4 Å². The van der Waals surface area contributed by atoms with Crippen LogP contribution in [0.4, 0.5) is 0 Å². The summed E-state index contributed by atoms with van der Waals surface area (Å²) >= 11 is 5.88. The Morgan fingerprint density at radius 3 is 2.90 bits per heavy atom. The van der Waals surface area contributed by atoms with Gasteiger partial charge in [-0.2, -0.15) is 5.10 Å². The Kier molecular flexibility index (Phi) is 3.76. The summed E-state index contributed by atoms with van der Waals surface area (Å²) in [5.41, 5.74) is 2.70. The highest BCUT2D eigenvalue weighted by Gasteiger charge is 2.30. The molecule has 0 bridgehead atoms. The smallest absolute Gasteiger partial charge is 0.270 e. The molecule has 1 amide bonds. The van der Waals surface area contributed by atoms with E-state index in [1.54, 1.807) is 12.3 Å². The lowest BCUT2D eigenvalue weighted by atomic mass is 10.2. The van der Waals surface area contributed by atoms with Crippen molar-refractivity contribution in [1.82, 2.24) is 19.7 Å². The Morgan fingerprint density at radius 1 is 1.48 bits per heavy atom. The summed E-state index contributed by atoms with van der Waals surface area (Å²) in [6.07, 6.45) is 3.68. The molecule has 21 heavy (non-hydrogen) atoms. The topological polar surface area (TPSA) is 53.9 Å². The second-order valence-corrected chi connectivity index (χ2v) is 6.07. The van der Waals surface area contributed by atoms with Gasteiger partial charge in [0.05, 0.1) is 23.3 Å². The van der Waals surface area contributed by atoms with Gasteiger partial charge in [-0.3, -0.25) is 9.48 Å². The second-order valence-electron chi connectivity index (χ2n) is 5.64. The van der Waals surface area contributed by atoms with Crippen LogP contribution in [0.25, 0.3) is 0 Å². The zero-order valence-corrected chi connectivity index (χ0v) is 13.0. The van der Waals surface area contributed by atoms with Crippen LogP contribution in [0.3, 0.4) is 0 Å². The first-order valence-corrected chi connectivity index (χ1v) is 7.58. The van der Waals surface area contributed by atoms with E-state index in [2.05, 4.69) is 16.1 Å². The minimum atomic E-state index is 0.0194. The minimum Gasteiger partial charge on any atom is -0.356 e. The largest absolute Gasteiger partial charge is 0.356 e. The first-order valence-electron chi connectivity index (χ1n) is 7.20. The van der Waals surface area contributed by atoms with Gasteiger partial charge in [0.25, 0.3) is 5.91 Å². The number of nitrogens with one attached hydrogen (secondary N) is 1. The third-order valence-electron chi connectivity index (χ3n) is 4.00. The molecule has 5 nitrogen and oxygen atoms in total. The molecular weight excluding hydrogens is 288 g/mol. The molecule has 1 fully saturated rings. The summed E-state index contributed by atoms with van der Waals surface area (Å²) in [4.78, 5) is 17.4. The van der Waals surface area contributed by atoms with Gasteiger partial charge in [0, 0.05) is 18.4 Å². The van der Waals surface area contributed by atoms with Crippen LogP contribution in [0, 0.1) is 13.8 Å². The predicted octanol–water partition coefficient (Wildman–Crippen LogP) is 2.79. The molecule has 0 spiro atoms. The molecule has 3 rings (SSSR count). The quantitative estimate of drug-likeness (QED) is 0.948. The van der Waals surface area contributed by atoms with Gasteiger partial charge in [0.2, 0.25) is 0 Å². The monoisotopic (exact) mass is 306 g/mol. The van der Waals surface area contributed by atoms with E-state index in [-0.39, 0.29) is 11.9 Å². The van der Waals surface area contributed by atoms with Crippen molar-refractivity contribution in [2.24, 2.45) is 0 Å². The Bertz CT molecular complexity index is 660. The lowest BCUT2D eigenvalue weighted by molar-refractivity contribution is 0.0716. The molecule has 0 aromatic carbocycles. The van der Waals surface area contributed by atoms with Crippen LogP contribution in [-0.2, 0) is 6.54 Å². The molecule has 1 unspecified atom stereocenters. The molecule has 1 N–H and O–H groups in total. The maximum Gasteiger partial charge on any atom is 0.270 e. The number of likely N-dealkylation sites (tertiary alicyclic amines) is 1. The van der Waals surface area contributed by atoms with Crippen LogP contribution >= 0.6 is 11.6 Å². The number of H-pyrrole nitrogens is 1. The number of aryl methyl sites for hydroxylation is 2. The predicted molar refractivity (Wildman–Crippen MR) is 81.6 cm³/mol. The van der Waals surface area contributed by atoms with Gasteiger partial charge in [-0.15, -0.1) is 0 Å². The molecule has 2 aromatic rings. The zero-order valence-electron chi connectivity index (χ0n) is 12.3. The maximum absolute atomic E-state index is 12.6. The highest BCUT2D eigenvalue weighted by molar-refractivity contribution is 6.30. The molecule has 2 aromatic heterocycles. The molecule has 112 valence electrons. The summed E-state index contributed by atoms with van der Waals surface area (Å²) in [5.74, 6) is 0.0194. The van der Waals surface area contributed by atoms with Gasteiger partial charge in [-0.1, -0.05) is 11.6 Å². The van der Waals surface area contributed by atoms with Crippen LogP contribution < -0.4 is 0 Å². The molecule has 6 heteroatoms. The summed E-state index contributed by atoms with van der Waals surface area (Å²) < 4.78 is 1.99. The van der Waals surface area contributed by atoms with E-state index >= 15 is 0 Å². The van der Waals surface area contributed by atoms with Gasteiger partial charge < -0.3 is 9.88 Å². The third-order valence-corrected chi connectivity index (χ3v) is 4.22. The fraction of sp³-hybridized carbons (Fsp3) is 0.467. The van der Waals surface area contributed by atoms with Crippen LogP contribution in [0.2, 0.25) is 5.02 Å². The Balaban J connectivity index is 1.76. The van der Waals surface area contributed by atoms with Crippen molar-refractivity contribution in [1.29, 1.82) is 0 Å². The van der Waals surface area contributed by atoms with Crippen molar-refractivity contribution in [3.8, 4) is 0 Å². The van der Waals surface area contributed by atoms with Crippen molar-refractivity contribution in [3.63, 3.8) is 0 Å². The second kappa shape index (κ2) is 5.56. The number of carbonyl (C=O) groups excluding carboxylic acids is 1. The summed E-state index contributed by atoms with van der Waals surface area (Å²) in [5, 5.41) is 5.06. The van der Waals surface area contributed by atoms with Crippen LogP contribution in [0.5, 0.6) is 0 Å². The van der Waals surface area contributed by atoms with E-state index in [1.165, 1.54) is 0 Å². The van der Waals surface area contributed by atoms with Crippen molar-refractivity contribution in [2.75, 3.05) is 6.54 Å². The van der Waals surface area contributed by atoms with E-state index in [0.29, 0.717) is 10.7 Å². The molecule has 3 heterocycles. The number of rotatable bonds is 3. The van der Waals surface area contributed by atoms with Crippen molar-refractivity contribution >= 4 is 17.5 Å². The standard InChI is InChI=1S/C15H19ClN4O/c1-10-6-11(2)20(18-10)9-13-4-3-5-19(13)15(21)14-7-12(16)8-17-14/h6-8,13,17H,3-5,9H2,1-2H3. The molecule has 0 saturated carbocycles. The van der Waals surface area contributed by atoms with E-state index in [0.717, 1.165) is 37.3 Å². The van der Waals surface area contributed by atoms with Crippen LogP contribution in [0.1, 0.15) is 34.7 Å². The van der Waals surface area contributed by atoms with Gasteiger partial charge in [-0.25, -0.2) is 0 Å². The molecule has 1 atom stereocenters. The van der Waals surface area contributed by atoms with Crippen LogP contribution in [-0.4, -0.2) is 38.2 Å². The van der Waals surface area contributed by atoms with E-state index in [1.807, 2.05) is 23.4 Å². The van der Waals surface area contributed by atoms with E-state index < -0.39 is 0 Å². The Labute approximate surface area is 128 Å². The van der Waals surface area contributed by atoms with Crippen molar-refractivity contribution in [2.45, 2.75) is 39.3 Å². The first-order chi connectivity index (χ1) is 10.0. The summed E-state index contributed by atoms with van der Waals surface area (Å²) in [6.45, 7) is 5.58.